The van der Waals surface area contributed by atoms with Crippen LogP contribution in [-0.4, -0.2) is 55.6 Å². The summed E-state index contributed by atoms with van der Waals surface area (Å²) in [6.07, 6.45) is 9.73. The first-order valence-electron chi connectivity index (χ1n) is 11.2. The van der Waals surface area contributed by atoms with Gasteiger partial charge in [-0.05, 0) is 76.4 Å². The molecule has 1 fully saturated rings. The summed E-state index contributed by atoms with van der Waals surface area (Å²) in [5.41, 5.74) is 1.35. The summed E-state index contributed by atoms with van der Waals surface area (Å²) in [5.74, 6) is 0.0196. The van der Waals surface area contributed by atoms with E-state index in [1.54, 1.807) is 24.3 Å². The average molecular weight is 416 g/mol. The van der Waals surface area contributed by atoms with Crippen molar-refractivity contribution >= 4 is 17.5 Å². The van der Waals surface area contributed by atoms with E-state index in [1.807, 2.05) is 11.0 Å². The number of nitrogens with zero attached hydrogens (tertiary/aromatic N) is 1. The number of hydrogen-bond acceptors (Lipinski definition) is 4. The first-order valence-corrected chi connectivity index (χ1v) is 11.2. The van der Waals surface area contributed by atoms with Crippen LogP contribution < -0.4 is 10.6 Å². The summed E-state index contributed by atoms with van der Waals surface area (Å²) < 4.78 is 6.01. The average Bonchev–Trinajstić information content (AvgIpc) is 2.76. The van der Waals surface area contributed by atoms with Gasteiger partial charge in [-0.1, -0.05) is 18.9 Å². The minimum atomic E-state index is -0.0919. The van der Waals surface area contributed by atoms with E-state index in [-0.39, 0.29) is 17.9 Å². The number of unbranched alkanes of at least 4 members (excludes halogenated alkanes) is 3. The summed E-state index contributed by atoms with van der Waals surface area (Å²) in [6.45, 7) is 9.58. The summed E-state index contributed by atoms with van der Waals surface area (Å²) in [5, 5.41) is 6.32. The van der Waals surface area contributed by atoms with Gasteiger partial charge < -0.3 is 20.3 Å². The number of ketones is 1. The molecule has 1 aliphatic rings. The van der Waals surface area contributed by atoms with E-state index < -0.39 is 0 Å². The highest BCUT2D eigenvalue weighted by molar-refractivity contribution is 5.95. The second-order valence-corrected chi connectivity index (χ2v) is 7.86. The van der Waals surface area contributed by atoms with Crippen molar-refractivity contribution in [3.63, 3.8) is 0 Å². The second-order valence-electron chi connectivity index (χ2n) is 7.86. The molecule has 6 heteroatoms. The molecule has 30 heavy (non-hydrogen) atoms. The lowest BCUT2D eigenvalue weighted by molar-refractivity contribution is 0.0141. The summed E-state index contributed by atoms with van der Waals surface area (Å²) in [6, 6.07) is 6.91. The lowest BCUT2D eigenvalue weighted by Gasteiger charge is -2.32. The number of benzene rings is 1. The van der Waals surface area contributed by atoms with Gasteiger partial charge in [-0.25, -0.2) is 4.79 Å². The molecule has 1 heterocycles. The Hall–Kier alpha value is -2.18. The van der Waals surface area contributed by atoms with Crippen LogP contribution in [0.5, 0.6) is 0 Å². The van der Waals surface area contributed by atoms with Crippen molar-refractivity contribution in [2.24, 2.45) is 0 Å². The second kappa shape index (κ2) is 13.9. The van der Waals surface area contributed by atoms with Crippen molar-refractivity contribution in [1.82, 2.24) is 10.2 Å². The predicted octanol–water partition coefficient (Wildman–Crippen LogP) is 4.63. The van der Waals surface area contributed by atoms with Crippen LogP contribution in [-0.2, 0) is 4.74 Å². The van der Waals surface area contributed by atoms with Gasteiger partial charge >= 0.3 is 6.03 Å². The minimum Gasteiger partial charge on any atom is -0.378 e. The Balaban J connectivity index is 1.52. The Morgan fingerprint density at radius 3 is 2.47 bits per heavy atom. The molecule has 0 radical (unpaired) electrons. The van der Waals surface area contributed by atoms with Gasteiger partial charge in [0.15, 0.2) is 5.78 Å². The topological polar surface area (TPSA) is 70.7 Å². The van der Waals surface area contributed by atoms with Gasteiger partial charge in [0.2, 0.25) is 0 Å². The molecule has 0 saturated carbocycles. The van der Waals surface area contributed by atoms with E-state index in [9.17, 15) is 9.59 Å². The van der Waals surface area contributed by atoms with Crippen LogP contribution >= 0.6 is 0 Å². The summed E-state index contributed by atoms with van der Waals surface area (Å²) >= 11 is 0. The number of carbonyl (C=O) groups is 2. The van der Waals surface area contributed by atoms with Crippen LogP contribution in [0.25, 0.3) is 0 Å². The smallest absolute Gasteiger partial charge is 0.321 e. The summed E-state index contributed by atoms with van der Waals surface area (Å²) in [7, 11) is 0. The third-order valence-corrected chi connectivity index (χ3v) is 5.40. The number of amides is 2. The normalized spacial score (nSPS) is 14.5. The molecule has 2 rings (SSSR count). The van der Waals surface area contributed by atoms with Crippen molar-refractivity contribution in [1.29, 1.82) is 0 Å². The van der Waals surface area contributed by atoms with Gasteiger partial charge in [-0.3, -0.25) is 4.79 Å². The molecule has 0 aromatic heterocycles. The number of ether oxygens (including phenoxy) is 1. The molecule has 0 atom stereocenters. The van der Waals surface area contributed by atoms with Gasteiger partial charge in [-0.15, -0.1) is 6.58 Å². The molecular weight excluding hydrogens is 378 g/mol. The third-order valence-electron chi connectivity index (χ3n) is 5.40. The molecule has 0 bridgehead atoms. The molecule has 1 aromatic rings. The monoisotopic (exact) mass is 415 g/mol. The summed E-state index contributed by atoms with van der Waals surface area (Å²) in [4.78, 5) is 25.6. The molecule has 1 aromatic carbocycles. The molecule has 2 amide bonds. The molecule has 0 unspecified atom stereocenters. The quantitative estimate of drug-likeness (QED) is 0.280. The first kappa shape index (κ1) is 24.1. The van der Waals surface area contributed by atoms with Gasteiger partial charge in [0, 0.05) is 30.9 Å². The highest BCUT2D eigenvalue weighted by Crippen LogP contribution is 2.17. The van der Waals surface area contributed by atoms with Gasteiger partial charge in [0.05, 0.1) is 6.10 Å². The maximum atomic E-state index is 12.4. The molecule has 6 nitrogen and oxygen atoms in total. The van der Waals surface area contributed by atoms with Crippen LogP contribution in [0.2, 0.25) is 0 Å². The first-order chi connectivity index (χ1) is 14.6. The maximum Gasteiger partial charge on any atom is 0.321 e. The Morgan fingerprint density at radius 2 is 1.80 bits per heavy atom. The van der Waals surface area contributed by atoms with Gasteiger partial charge in [0.25, 0.3) is 0 Å². The predicted molar refractivity (Wildman–Crippen MR) is 122 cm³/mol. The number of likely N-dealkylation sites (tertiary alicyclic amines) is 1. The van der Waals surface area contributed by atoms with Crippen LogP contribution in [0.4, 0.5) is 10.5 Å². The number of piperidine rings is 1. The molecule has 1 aliphatic heterocycles. The SMILES string of the molecule is C=CCCNCCCCCCOC1CCN(C(=O)Nc2ccc(C(C)=O)cc2)CC1. The van der Waals surface area contributed by atoms with Crippen molar-refractivity contribution in [2.45, 2.75) is 58.0 Å². The van der Waals surface area contributed by atoms with Crippen LogP contribution in [0.1, 0.15) is 62.2 Å². The lowest BCUT2D eigenvalue weighted by atomic mass is 10.1. The molecule has 0 spiro atoms. The van der Waals surface area contributed by atoms with Crippen LogP contribution in [0, 0.1) is 0 Å². The zero-order valence-electron chi connectivity index (χ0n) is 18.3. The third kappa shape index (κ3) is 9.09. The fourth-order valence-corrected chi connectivity index (χ4v) is 3.50. The molecule has 166 valence electrons. The van der Waals surface area contributed by atoms with Crippen molar-refractivity contribution < 1.29 is 14.3 Å². The Bertz CT molecular complexity index is 652. The molecule has 2 N–H and O–H groups in total. The minimum absolute atomic E-state index is 0.0196. The molecular formula is C24H37N3O3. The Morgan fingerprint density at radius 1 is 1.10 bits per heavy atom. The van der Waals surface area contributed by atoms with E-state index in [4.69, 9.17) is 4.74 Å². The largest absolute Gasteiger partial charge is 0.378 e. The number of hydrogen-bond donors (Lipinski definition) is 2. The van der Waals surface area contributed by atoms with Crippen molar-refractivity contribution in [3.05, 3.63) is 42.5 Å². The van der Waals surface area contributed by atoms with E-state index in [0.717, 1.165) is 45.4 Å². The zero-order chi connectivity index (χ0) is 21.6. The highest BCUT2D eigenvalue weighted by atomic mass is 16.5. The van der Waals surface area contributed by atoms with E-state index in [1.165, 1.54) is 26.2 Å². The number of nitrogens with one attached hydrogen (secondary N) is 2. The number of anilines is 1. The fourth-order valence-electron chi connectivity index (χ4n) is 3.50. The number of carbonyl (C=O) groups excluding carboxylic acids is 2. The molecule has 0 aliphatic carbocycles. The van der Waals surface area contributed by atoms with E-state index in [0.29, 0.717) is 24.3 Å². The number of Topliss-reactive ketones (excluding diaryl/α,β-unsaturated/α-hetero) is 1. The number of urea groups is 1. The van der Waals surface area contributed by atoms with E-state index >= 15 is 0 Å². The van der Waals surface area contributed by atoms with E-state index in [2.05, 4.69) is 17.2 Å². The van der Waals surface area contributed by atoms with Gasteiger partial charge in [0.1, 0.15) is 0 Å². The standard InChI is InChI=1S/C24H37N3O3/c1-3-4-15-25-16-7-5-6-8-19-30-23-13-17-27(18-14-23)24(29)26-22-11-9-21(10-12-22)20(2)28/h3,9-12,23,25H,1,4-8,13-19H2,2H3,(H,26,29). The van der Waals surface area contributed by atoms with Crippen LogP contribution in [0.15, 0.2) is 36.9 Å². The van der Waals surface area contributed by atoms with Crippen molar-refractivity contribution in [2.75, 3.05) is 38.1 Å². The van der Waals surface area contributed by atoms with Gasteiger partial charge in [-0.2, -0.15) is 0 Å². The fraction of sp³-hybridized carbons (Fsp3) is 0.583. The number of rotatable bonds is 13. The van der Waals surface area contributed by atoms with Crippen molar-refractivity contribution in [3.8, 4) is 0 Å². The molecule has 1 saturated heterocycles. The lowest BCUT2D eigenvalue weighted by Crippen LogP contribution is -2.43. The highest BCUT2D eigenvalue weighted by Gasteiger charge is 2.23. The Kier molecular flexibility index (Phi) is 11.2. The van der Waals surface area contributed by atoms with Crippen LogP contribution in [0.3, 0.4) is 0 Å². The Labute approximate surface area is 181 Å². The maximum absolute atomic E-state index is 12.4. The zero-order valence-corrected chi connectivity index (χ0v) is 18.3.